The summed E-state index contributed by atoms with van der Waals surface area (Å²) >= 11 is 5.92. The molecule has 0 atom stereocenters. The Balaban J connectivity index is 0.000000351. The zero-order valence-electron chi connectivity index (χ0n) is 8.67. The van der Waals surface area contributed by atoms with Gasteiger partial charge in [0.2, 0.25) is 23.2 Å². The maximum absolute atomic E-state index is 10.2. The summed E-state index contributed by atoms with van der Waals surface area (Å²) in [5, 5.41) is 6.60. The molecule has 106 valence electrons. The van der Waals surface area contributed by atoms with Crippen LogP contribution in [-0.2, 0) is 18.1 Å². The van der Waals surface area contributed by atoms with Crippen molar-refractivity contribution in [2.45, 2.75) is 6.42 Å². The lowest BCUT2D eigenvalue weighted by atomic mass is 10.6. The van der Waals surface area contributed by atoms with Crippen LogP contribution in [0, 0.1) is 3.95 Å². The van der Waals surface area contributed by atoms with Gasteiger partial charge in [0.1, 0.15) is 0 Å². The first-order valence-electron chi connectivity index (χ1n) is 4.15. The smallest absolute Gasteiger partial charge is 0.232 e. The molecule has 1 aromatic heterocycles. The number of rotatable bonds is 4. The molecular weight excluding hydrogens is 365 g/mol. The van der Waals surface area contributed by atoms with Crippen LogP contribution >= 0.6 is 44.9 Å². The van der Waals surface area contributed by atoms with Crippen molar-refractivity contribution >= 4 is 68.2 Å². The molecule has 0 amide bonds. The Labute approximate surface area is 122 Å². The monoisotopic (exact) mass is 373 g/mol. The first-order valence-corrected chi connectivity index (χ1v) is 10.3. The Hall–Kier alpha value is 0.0600. The highest BCUT2D eigenvalue weighted by molar-refractivity contribution is 8.14. The van der Waals surface area contributed by atoms with E-state index in [2.05, 4.69) is 22.4 Å². The van der Waals surface area contributed by atoms with E-state index in [4.69, 9.17) is 27.1 Å². The van der Waals surface area contributed by atoms with E-state index in [-0.39, 0.29) is 17.9 Å². The second-order valence-electron chi connectivity index (χ2n) is 2.79. The first-order chi connectivity index (χ1) is 7.99. The van der Waals surface area contributed by atoms with Gasteiger partial charge in [0.25, 0.3) is 0 Å². The fourth-order valence-electron chi connectivity index (χ4n) is 0.645. The number of aromatic amines is 1. The van der Waals surface area contributed by atoms with Gasteiger partial charge in [-0.25, -0.2) is 16.8 Å². The maximum Gasteiger partial charge on any atom is 0.232 e. The van der Waals surface area contributed by atoms with Gasteiger partial charge in [-0.1, -0.05) is 11.3 Å². The van der Waals surface area contributed by atoms with Crippen molar-refractivity contribution in [1.29, 1.82) is 0 Å². The number of halogens is 2. The summed E-state index contributed by atoms with van der Waals surface area (Å²) in [5.41, 5.74) is 5.19. The van der Waals surface area contributed by atoms with Gasteiger partial charge in [-0.05, 0) is 18.6 Å². The molecule has 0 spiro atoms. The molecule has 0 aromatic carbocycles. The molecule has 0 saturated heterocycles. The van der Waals surface area contributed by atoms with Gasteiger partial charge >= 0.3 is 0 Å². The number of H-pyrrole nitrogens is 1. The highest BCUT2D eigenvalue weighted by atomic mass is 35.7. The van der Waals surface area contributed by atoms with Crippen LogP contribution in [-0.4, -0.2) is 38.5 Å². The van der Waals surface area contributed by atoms with E-state index >= 15 is 0 Å². The molecule has 7 nitrogen and oxygen atoms in total. The van der Waals surface area contributed by atoms with E-state index in [9.17, 15) is 16.8 Å². The molecule has 0 saturated carbocycles. The molecule has 0 aliphatic rings. The summed E-state index contributed by atoms with van der Waals surface area (Å²) in [6, 6.07) is 0. The van der Waals surface area contributed by atoms with Crippen LogP contribution < -0.4 is 5.73 Å². The predicted molar refractivity (Wildman–Crippen MR) is 75.6 cm³/mol. The minimum Gasteiger partial charge on any atom is -0.374 e. The Morgan fingerprint density at radius 1 is 1.22 bits per heavy atom. The van der Waals surface area contributed by atoms with Crippen molar-refractivity contribution in [2.75, 3.05) is 17.2 Å². The lowest BCUT2D eigenvalue weighted by Gasteiger charge is -1.93. The SMILES string of the molecule is Nc1n[nH]c(=S)s1.O=S(=O)(Cl)CCCS(=O)(=O)Cl. The van der Waals surface area contributed by atoms with Crippen molar-refractivity contribution < 1.29 is 16.8 Å². The molecule has 0 aliphatic heterocycles. The highest BCUT2D eigenvalue weighted by Gasteiger charge is 2.09. The molecule has 0 radical (unpaired) electrons. The predicted octanol–water partition coefficient (Wildman–Crippen LogP) is 1.30. The number of anilines is 1. The molecule has 13 heteroatoms. The third-order valence-electron chi connectivity index (χ3n) is 1.23. The van der Waals surface area contributed by atoms with E-state index in [1.54, 1.807) is 0 Å². The third kappa shape index (κ3) is 12.5. The average Bonchev–Trinajstić information content (AvgIpc) is 2.46. The lowest BCUT2D eigenvalue weighted by molar-refractivity contribution is 0.604. The van der Waals surface area contributed by atoms with Gasteiger partial charge < -0.3 is 5.73 Å². The summed E-state index contributed by atoms with van der Waals surface area (Å²) in [4.78, 5) is 0. The Kier molecular flexibility index (Phi) is 7.63. The number of hydrogen-bond donors (Lipinski definition) is 2. The standard InChI is InChI=1S/C3H6Cl2O4S2.C2H3N3S2/c4-10(6,7)2-1-3-11(5,8)9;3-1-4-5-2(6)7-1/h1-3H2;(H2,3,4)(H,5,6). The Morgan fingerprint density at radius 2 is 1.67 bits per heavy atom. The number of nitrogens with two attached hydrogens (primary N) is 1. The number of hydrogen-bond acceptors (Lipinski definition) is 8. The van der Waals surface area contributed by atoms with Gasteiger partial charge in [0, 0.05) is 21.4 Å². The summed E-state index contributed by atoms with van der Waals surface area (Å²) in [6.07, 6.45) is -0.0718. The van der Waals surface area contributed by atoms with Crippen LogP contribution in [0.4, 0.5) is 5.13 Å². The lowest BCUT2D eigenvalue weighted by Crippen LogP contribution is -2.04. The molecule has 0 fully saturated rings. The van der Waals surface area contributed by atoms with Crippen molar-refractivity contribution in [1.82, 2.24) is 10.2 Å². The highest BCUT2D eigenvalue weighted by Crippen LogP contribution is 2.04. The van der Waals surface area contributed by atoms with Crippen LogP contribution in [0.5, 0.6) is 0 Å². The van der Waals surface area contributed by atoms with Crippen LogP contribution in [0.15, 0.2) is 0 Å². The van der Waals surface area contributed by atoms with Crippen molar-refractivity contribution in [3.05, 3.63) is 3.95 Å². The summed E-state index contributed by atoms with van der Waals surface area (Å²) in [7, 11) is 2.40. The summed E-state index contributed by atoms with van der Waals surface area (Å²) in [6.45, 7) is 0. The molecule has 1 aromatic rings. The quantitative estimate of drug-likeness (QED) is 0.601. The van der Waals surface area contributed by atoms with Gasteiger partial charge in [0.15, 0.2) is 3.95 Å². The topological polar surface area (TPSA) is 123 Å². The normalized spacial score (nSPS) is 11.7. The Morgan fingerprint density at radius 3 is 1.83 bits per heavy atom. The summed E-state index contributed by atoms with van der Waals surface area (Å²) < 4.78 is 41.6. The second kappa shape index (κ2) is 7.60. The van der Waals surface area contributed by atoms with E-state index in [0.717, 1.165) is 0 Å². The number of aromatic nitrogens is 2. The maximum atomic E-state index is 10.2. The zero-order chi connectivity index (χ0) is 14.4. The number of nitrogen functional groups attached to an aromatic ring is 1. The molecule has 0 aliphatic carbocycles. The van der Waals surface area contributed by atoms with E-state index < -0.39 is 18.1 Å². The molecule has 1 heterocycles. The van der Waals surface area contributed by atoms with Crippen molar-refractivity contribution in [2.24, 2.45) is 0 Å². The van der Waals surface area contributed by atoms with Crippen molar-refractivity contribution in [3.8, 4) is 0 Å². The van der Waals surface area contributed by atoms with Crippen LogP contribution in [0.2, 0.25) is 0 Å². The fourth-order valence-corrected chi connectivity index (χ4v) is 3.14. The third-order valence-corrected chi connectivity index (χ3v) is 4.63. The van der Waals surface area contributed by atoms with Crippen molar-refractivity contribution in [3.63, 3.8) is 0 Å². The van der Waals surface area contributed by atoms with Crippen LogP contribution in [0.25, 0.3) is 0 Å². The molecule has 18 heavy (non-hydrogen) atoms. The number of nitrogens with one attached hydrogen (secondary N) is 1. The van der Waals surface area contributed by atoms with Gasteiger partial charge in [0.05, 0.1) is 11.5 Å². The second-order valence-corrected chi connectivity index (χ2v) is 10.3. The average molecular weight is 374 g/mol. The van der Waals surface area contributed by atoms with Crippen LogP contribution in [0.1, 0.15) is 6.42 Å². The first kappa shape index (κ1) is 18.1. The van der Waals surface area contributed by atoms with Gasteiger partial charge in [-0.3, -0.25) is 5.10 Å². The van der Waals surface area contributed by atoms with E-state index in [1.165, 1.54) is 11.3 Å². The zero-order valence-corrected chi connectivity index (χ0v) is 13.4. The van der Waals surface area contributed by atoms with Gasteiger partial charge in [-0.15, -0.1) is 5.10 Å². The summed E-state index contributed by atoms with van der Waals surface area (Å²) in [5.74, 6) is -0.749. The van der Waals surface area contributed by atoms with Crippen LogP contribution in [0.3, 0.4) is 0 Å². The largest absolute Gasteiger partial charge is 0.374 e. The molecule has 0 unspecified atom stereocenters. The van der Waals surface area contributed by atoms with E-state index in [1.807, 2.05) is 0 Å². The number of nitrogens with zero attached hydrogens (tertiary/aromatic N) is 1. The Bertz CT molecular complexity index is 587. The molecule has 1 rings (SSSR count). The minimum atomic E-state index is -3.60. The molecular formula is C5H9Cl2N3O4S4. The fraction of sp³-hybridized carbons (Fsp3) is 0.600. The molecule has 3 N–H and O–H groups in total. The minimum absolute atomic E-state index is 0.0718. The van der Waals surface area contributed by atoms with E-state index in [0.29, 0.717) is 9.09 Å². The van der Waals surface area contributed by atoms with Gasteiger partial charge in [-0.2, -0.15) is 0 Å². The molecule has 0 bridgehead atoms.